The molecule has 0 bridgehead atoms. The third-order valence-electron chi connectivity index (χ3n) is 6.58. The third kappa shape index (κ3) is 6.69. The quantitative estimate of drug-likeness (QED) is 0.104. The van der Waals surface area contributed by atoms with Gasteiger partial charge >= 0.3 is 0 Å². The number of carbonyl (C=O) groups excluding carboxylic acids is 1. The van der Waals surface area contributed by atoms with Gasteiger partial charge < -0.3 is 4.74 Å². The van der Waals surface area contributed by atoms with E-state index in [9.17, 15) is 9.18 Å². The topological polar surface area (TPSA) is 47.4 Å². The Labute approximate surface area is 243 Å². The summed E-state index contributed by atoms with van der Waals surface area (Å²) in [4.78, 5) is 15.6. The molecular weight excluding hydrogens is 542 g/mol. The highest BCUT2D eigenvalue weighted by atomic mass is 32.2. The van der Waals surface area contributed by atoms with Gasteiger partial charge in [-0.1, -0.05) is 92.6 Å². The normalized spacial score (nSPS) is 14.3. The van der Waals surface area contributed by atoms with Crippen LogP contribution >= 0.6 is 24.0 Å². The lowest BCUT2D eigenvalue weighted by Gasteiger charge is -2.13. The van der Waals surface area contributed by atoms with Crippen LogP contribution < -0.4 is 4.74 Å². The van der Waals surface area contributed by atoms with Crippen molar-refractivity contribution in [3.63, 3.8) is 0 Å². The van der Waals surface area contributed by atoms with Crippen LogP contribution in [-0.2, 0) is 11.4 Å². The number of ether oxygens (including phenoxy) is 1. The number of benzene rings is 3. The molecule has 0 unspecified atom stereocenters. The molecule has 0 spiro atoms. The Morgan fingerprint density at radius 2 is 1.80 bits per heavy atom. The number of rotatable bonds is 11. The first-order valence-electron chi connectivity index (χ1n) is 13.4. The van der Waals surface area contributed by atoms with Gasteiger partial charge in [-0.3, -0.25) is 9.69 Å². The van der Waals surface area contributed by atoms with E-state index in [1.807, 2.05) is 71.6 Å². The fraction of sp³-hybridized carbons (Fsp3) is 0.219. The van der Waals surface area contributed by atoms with Crippen molar-refractivity contribution in [3.8, 4) is 22.7 Å². The number of hydrogen-bond donors (Lipinski definition) is 0. The van der Waals surface area contributed by atoms with Crippen LogP contribution in [0.3, 0.4) is 0 Å². The van der Waals surface area contributed by atoms with Gasteiger partial charge in [0.15, 0.2) is 0 Å². The Kier molecular flexibility index (Phi) is 9.08. The Balaban J connectivity index is 1.43. The predicted octanol–water partition coefficient (Wildman–Crippen LogP) is 8.04. The maximum absolute atomic E-state index is 13.3. The average Bonchev–Trinajstić information content (AvgIpc) is 3.52. The molecule has 8 heteroatoms. The second-order valence-electron chi connectivity index (χ2n) is 9.55. The highest BCUT2D eigenvalue weighted by Gasteiger charge is 2.32. The van der Waals surface area contributed by atoms with Gasteiger partial charge in [-0.15, -0.1) is 0 Å². The van der Waals surface area contributed by atoms with Crippen molar-refractivity contribution in [2.24, 2.45) is 0 Å². The van der Waals surface area contributed by atoms with Crippen molar-refractivity contribution < 1.29 is 13.9 Å². The summed E-state index contributed by atoms with van der Waals surface area (Å²) in [7, 11) is 0. The molecule has 1 saturated heterocycles. The molecule has 3 aromatic carbocycles. The lowest BCUT2D eigenvalue weighted by molar-refractivity contribution is -0.122. The molecule has 5 nitrogen and oxygen atoms in total. The number of hydrogen-bond acceptors (Lipinski definition) is 5. The van der Waals surface area contributed by atoms with Crippen LogP contribution in [0.1, 0.15) is 43.7 Å². The number of para-hydroxylation sites is 1. The lowest BCUT2D eigenvalue weighted by atomic mass is 10.1. The number of unbranched alkanes of at least 4 members (excludes halogenated alkanes) is 3. The number of carbonyl (C=O) groups is 1. The highest BCUT2D eigenvalue weighted by Crippen LogP contribution is 2.35. The third-order valence-corrected chi connectivity index (χ3v) is 7.96. The minimum atomic E-state index is -0.277. The van der Waals surface area contributed by atoms with Crippen LogP contribution in [0.2, 0.25) is 0 Å². The van der Waals surface area contributed by atoms with Gasteiger partial charge in [0.1, 0.15) is 28.2 Å². The van der Waals surface area contributed by atoms with Gasteiger partial charge in [0, 0.05) is 23.9 Å². The fourth-order valence-electron chi connectivity index (χ4n) is 4.44. The second kappa shape index (κ2) is 13.1. The first-order valence-corrected chi connectivity index (χ1v) is 14.6. The number of aromatic nitrogens is 2. The van der Waals surface area contributed by atoms with E-state index >= 15 is 0 Å². The van der Waals surface area contributed by atoms with E-state index in [1.54, 1.807) is 17.0 Å². The molecule has 5 rings (SSSR count). The summed E-state index contributed by atoms with van der Waals surface area (Å²) in [5.41, 5.74) is 4.18. The Bertz CT molecular complexity index is 1520. The van der Waals surface area contributed by atoms with Crippen molar-refractivity contribution >= 4 is 40.3 Å². The van der Waals surface area contributed by atoms with Crippen LogP contribution in [0.25, 0.3) is 23.0 Å². The minimum absolute atomic E-state index is 0.0544. The van der Waals surface area contributed by atoms with Crippen molar-refractivity contribution in [2.45, 2.75) is 39.2 Å². The Morgan fingerprint density at radius 3 is 2.58 bits per heavy atom. The average molecular weight is 572 g/mol. The molecule has 1 aliphatic rings. The SMILES string of the molecule is CCCCCCN1C(=O)C(=Cc2cn(-c3ccccc3)nc2-c2cccc(OCc3ccc(F)cc3)c2)SC1=S. The minimum Gasteiger partial charge on any atom is -0.489 e. The van der Waals surface area contributed by atoms with Gasteiger partial charge in [-0.2, -0.15) is 5.10 Å². The van der Waals surface area contributed by atoms with E-state index in [0.717, 1.165) is 53.8 Å². The Morgan fingerprint density at radius 1 is 1.00 bits per heavy atom. The van der Waals surface area contributed by atoms with Gasteiger partial charge in [-0.25, -0.2) is 9.07 Å². The zero-order valence-corrected chi connectivity index (χ0v) is 23.9. The number of amides is 1. The zero-order valence-electron chi connectivity index (χ0n) is 22.3. The predicted molar refractivity (Wildman–Crippen MR) is 164 cm³/mol. The summed E-state index contributed by atoms with van der Waals surface area (Å²) in [5, 5.41) is 4.90. The molecule has 0 radical (unpaired) electrons. The summed E-state index contributed by atoms with van der Waals surface area (Å²) < 4.78 is 21.7. The van der Waals surface area contributed by atoms with Crippen molar-refractivity contribution in [2.75, 3.05) is 6.54 Å². The van der Waals surface area contributed by atoms with Crippen LogP contribution in [-0.4, -0.2) is 31.5 Å². The molecule has 2 heterocycles. The highest BCUT2D eigenvalue weighted by molar-refractivity contribution is 8.26. The summed E-state index contributed by atoms with van der Waals surface area (Å²) in [6, 6.07) is 23.8. The first kappa shape index (κ1) is 27.8. The molecule has 0 N–H and O–H groups in total. The zero-order chi connectivity index (χ0) is 27.9. The summed E-state index contributed by atoms with van der Waals surface area (Å²) in [6.45, 7) is 3.13. The van der Waals surface area contributed by atoms with Crippen molar-refractivity contribution in [1.29, 1.82) is 0 Å². The molecule has 1 aliphatic heterocycles. The van der Waals surface area contributed by atoms with Crippen LogP contribution in [0, 0.1) is 5.82 Å². The molecule has 1 amide bonds. The monoisotopic (exact) mass is 571 g/mol. The number of halogens is 1. The molecule has 40 heavy (non-hydrogen) atoms. The maximum Gasteiger partial charge on any atom is 0.266 e. The van der Waals surface area contributed by atoms with E-state index in [-0.39, 0.29) is 11.7 Å². The standard InChI is InChI=1S/C32H30FN3O2S2/c1-2-3-4-8-18-35-31(37)29(40-32(35)39)20-25-21-36(27-11-6-5-7-12-27)34-30(25)24-10-9-13-28(19-24)38-22-23-14-16-26(33)17-15-23/h5-7,9-17,19-21H,2-4,8,18,22H2,1H3. The lowest BCUT2D eigenvalue weighted by Crippen LogP contribution is -2.29. The van der Waals surface area contributed by atoms with Crippen molar-refractivity contribution in [3.05, 3.63) is 107 Å². The molecule has 1 aromatic heterocycles. The van der Waals surface area contributed by atoms with Crippen LogP contribution in [0.4, 0.5) is 4.39 Å². The molecule has 1 fully saturated rings. The maximum atomic E-state index is 13.3. The molecule has 0 aliphatic carbocycles. The largest absolute Gasteiger partial charge is 0.489 e. The summed E-state index contributed by atoms with van der Waals surface area (Å²) in [6.07, 6.45) is 8.14. The molecule has 4 aromatic rings. The number of thioether (sulfide) groups is 1. The van der Waals surface area contributed by atoms with Crippen LogP contribution in [0.15, 0.2) is 90.0 Å². The Hall–Kier alpha value is -3.75. The van der Waals surface area contributed by atoms with E-state index < -0.39 is 0 Å². The van der Waals surface area contributed by atoms with Crippen molar-refractivity contribution in [1.82, 2.24) is 14.7 Å². The summed E-state index contributed by atoms with van der Waals surface area (Å²) >= 11 is 6.90. The number of thiocarbonyl (C=S) groups is 1. The van der Waals surface area contributed by atoms with E-state index in [2.05, 4.69) is 6.92 Å². The molecule has 204 valence electrons. The van der Waals surface area contributed by atoms with Crippen LogP contribution in [0.5, 0.6) is 5.75 Å². The second-order valence-corrected chi connectivity index (χ2v) is 11.2. The molecular formula is C32H30FN3O2S2. The smallest absolute Gasteiger partial charge is 0.266 e. The van der Waals surface area contributed by atoms with E-state index in [4.69, 9.17) is 22.1 Å². The van der Waals surface area contributed by atoms with Gasteiger partial charge in [0.25, 0.3) is 5.91 Å². The number of nitrogens with zero attached hydrogens (tertiary/aromatic N) is 3. The van der Waals surface area contributed by atoms with E-state index in [0.29, 0.717) is 28.1 Å². The van der Waals surface area contributed by atoms with Gasteiger partial charge in [0.05, 0.1) is 10.6 Å². The fourth-order valence-corrected chi connectivity index (χ4v) is 5.74. The van der Waals surface area contributed by atoms with E-state index in [1.165, 1.54) is 23.9 Å². The summed E-state index contributed by atoms with van der Waals surface area (Å²) in [5.74, 6) is 0.336. The molecule has 0 saturated carbocycles. The van der Waals surface area contributed by atoms with Gasteiger partial charge in [-0.05, 0) is 54.5 Å². The van der Waals surface area contributed by atoms with Gasteiger partial charge in [0.2, 0.25) is 0 Å². The first-order chi connectivity index (χ1) is 19.5. The molecule has 0 atom stereocenters.